The third-order valence-electron chi connectivity index (χ3n) is 1.94. The second-order valence-electron chi connectivity index (χ2n) is 2.84. The third-order valence-corrected chi connectivity index (χ3v) is 2.92. The molecule has 0 bridgehead atoms. The summed E-state index contributed by atoms with van der Waals surface area (Å²) in [6.45, 7) is 0. The largest absolute Gasteiger partial charge is 1.00 e. The van der Waals surface area contributed by atoms with Crippen LogP contribution >= 0.6 is 0 Å². The number of nitrogens with zero attached hydrogens (tertiary/aromatic N) is 1. The Morgan fingerprint density at radius 3 is 2.86 bits per heavy atom. The molecule has 0 saturated carbocycles. The van der Waals surface area contributed by atoms with Gasteiger partial charge >= 0.3 is 29.6 Å². The minimum absolute atomic E-state index is 0. The van der Waals surface area contributed by atoms with Gasteiger partial charge in [-0.25, -0.2) is 13.4 Å². The summed E-state index contributed by atoms with van der Waals surface area (Å²) in [4.78, 5) is 3.91. The van der Waals surface area contributed by atoms with Gasteiger partial charge in [0.25, 0.3) is 0 Å². The Labute approximate surface area is 104 Å². The fraction of sp³-hybridized carbons (Fsp3) is 0.286. The molecule has 0 spiro atoms. The van der Waals surface area contributed by atoms with Crippen LogP contribution < -0.4 is 34.9 Å². The van der Waals surface area contributed by atoms with Crippen molar-refractivity contribution in [2.24, 2.45) is 0 Å². The zero-order valence-electron chi connectivity index (χ0n) is 7.60. The first kappa shape index (κ1) is 11.9. The first-order valence-corrected chi connectivity index (χ1v) is 5.19. The predicted molar refractivity (Wildman–Crippen MR) is 45.0 cm³/mol. The molecular weight excluding hydrogens is 215 g/mol. The van der Waals surface area contributed by atoms with Gasteiger partial charge in [-0.2, -0.15) is 0 Å². The first-order valence-electron chi connectivity index (χ1n) is 3.72. The first-order chi connectivity index (χ1) is 6.07. The van der Waals surface area contributed by atoms with Crippen LogP contribution in [0.3, 0.4) is 0 Å². The molecule has 0 saturated heterocycles. The quantitative estimate of drug-likeness (QED) is 0.402. The third kappa shape index (κ3) is 2.26. The summed E-state index contributed by atoms with van der Waals surface area (Å²) >= 11 is 0. The van der Waals surface area contributed by atoms with Crippen LogP contribution in [0.5, 0.6) is 0 Å². The van der Waals surface area contributed by atoms with E-state index in [0.29, 0.717) is 5.82 Å². The van der Waals surface area contributed by atoms with Gasteiger partial charge in [0.15, 0.2) is 0 Å². The van der Waals surface area contributed by atoms with E-state index in [-0.39, 0.29) is 36.0 Å². The molecule has 0 amide bonds. The average Bonchev–Trinajstić information content (AvgIpc) is 2.45. The molecule has 0 aliphatic carbocycles. The Morgan fingerprint density at radius 2 is 2.29 bits per heavy atom. The molecule has 14 heavy (non-hydrogen) atoms. The average molecular weight is 222 g/mol. The van der Waals surface area contributed by atoms with Crippen molar-refractivity contribution in [2.75, 3.05) is 5.32 Å². The Balaban J connectivity index is 0.000000980. The van der Waals surface area contributed by atoms with E-state index in [1.165, 1.54) is 0 Å². The zero-order valence-corrected chi connectivity index (χ0v) is 10.4. The number of aromatic nitrogens is 1. The summed E-state index contributed by atoms with van der Waals surface area (Å²) in [7, 11) is -4.27. The number of pyridine rings is 1. The molecule has 1 N–H and O–H groups in total. The molecule has 0 radical (unpaired) electrons. The maximum absolute atomic E-state index is 10.7. The van der Waals surface area contributed by atoms with E-state index >= 15 is 0 Å². The maximum atomic E-state index is 10.7. The summed E-state index contributed by atoms with van der Waals surface area (Å²) in [5, 5.41) is 1.50. The van der Waals surface area contributed by atoms with E-state index in [1.54, 1.807) is 18.3 Å². The van der Waals surface area contributed by atoms with Crippen molar-refractivity contribution in [3.05, 3.63) is 23.9 Å². The molecule has 0 aromatic carbocycles. The summed E-state index contributed by atoms with van der Waals surface area (Å²) in [6.07, 6.45) is 1.75. The van der Waals surface area contributed by atoms with E-state index in [9.17, 15) is 13.0 Å². The smallest absolute Gasteiger partial charge is 0.746 e. The summed E-state index contributed by atoms with van der Waals surface area (Å²) in [5.41, 5.74) is 0.770. The molecule has 70 valence electrons. The molecule has 1 aromatic rings. The zero-order chi connectivity index (χ0) is 9.47. The molecule has 2 heterocycles. The van der Waals surface area contributed by atoms with E-state index in [1.807, 2.05) is 0 Å². The molecule has 1 atom stereocenters. The van der Waals surface area contributed by atoms with Crippen molar-refractivity contribution < 1.29 is 42.5 Å². The van der Waals surface area contributed by atoms with Crippen molar-refractivity contribution >= 4 is 15.9 Å². The van der Waals surface area contributed by atoms with Crippen LogP contribution in [-0.2, 0) is 16.5 Å². The second-order valence-corrected chi connectivity index (χ2v) is 4.40. The Hall–Kier alpha value is -0.140. The van der Waals surface area contributed by atoms with Crippen molar-refractivity contribution in [3.63, 3.8) is 0 Å². The standard InChI is InChI=1S/C7H8N2O3S.Na/c10-13(11,12)6-4-5-2-1-3-8-7(5)9-6;/h1-3,6H,4H2,(H,8,9)(H,10,11,12);/q;+1/p-1. The van der Waals surface area contributed by atoms with Gasteiger partial charge < -0.3 is 9.87 Å². The van der Waals surface area contributed by atoms with Gasteiger partial charge in [-0.05, 0) is 11.6 Å². The van der Waals surface area contributed by atoms with Crippen molar-refractivity contribution in [3.8, 4) is 0 Å². The monoisotopic (exact) mass is 222 g/mol. The van der Waals surface area contributed by atoms with Crippen LogP contribution in [0.25, 0.3) is 0 Å². The van der Waals surface area contributed by atoms with Crippen LogP contribution in [0.4, 0.5) is 5.82 Å². The van der Waals surface area contributed by atoms with Crippen LogP contribution in [0.2, 0.25) is 0 Å². The second kappa shape index (κ2) is 4.16. The molecule has 1 unspecified atom stereocenters. The van der Waals surface area contributed by atoms with Crippen LogP contribution in [0.15, 0.2) is 18.3 Å². The fourth-order valence-electron chi connectivity index (χ4n) is 1.31. The number of fused-ring (bicyclic) bond motifs is 1. The normalized spacial score (nSPS) is 19.4. The summed E-state index contributed by atoms with van der Waals surface area (Å²) in [6, 6.07) is 3.46. The van der Waals surface area contributed by atoms with Gasteiger partial charge in [-0.15, -0.1) is 0 Å². The van der Waals surface area contributed by atoms with Crippen molar-refractivity contribution in [1.82, 2.24) is 4.98 Å². The van der Waals surface area contributed by atoms with E-state index in [4.69, 9.17) is 0 Å². The number of nitrogens with one attached hydrogen (secondary N) is 1. The van der Waals surface area contributed by atoms with Gasteiger partial charge in [0, 0.05) is 12.6 Å². The van der Waals surface area contributed by atoms with Crippen LogP contribution in [-0.4, -0.2) is 23.3 Å². The summed E-state index contributed by atoms with van der Waals surface area (Å²) < 4.78 is 32.0. The molecule has 1 aliphatic rings. The SMILES string of the molecule is O=S(=O)([O-])C1Cc2cccnc2N1.[Na+]. The van der Waals surface area contributed by atoms with Gasteiger partial charge in [-0.1, -0.05) is 6.07 Å². The molecule has 2 rings (SSSR count). The molecule has 1 aromatic heterocycles. The number of anilines is 1. The summed E-state index contributed by atoms with van der Waals surface area (Å²) in [5.74, 6) is 0.493. The minimum atomic E-state index is -4.27. The Kier molecular flexibility index (Phi) is 3.54. The van der Waals surface area contributed by atoms with Crippen molar-refractivity contribution in [1.29, 1.82) is 0 Å². The number of hydrogen-bond acceptors (Lipinski definition) is 5. The molecule has 0 fully saturated rings. The minimum Gasteiger partial charge on any atom is -0.746 e. The number of rotatable bonds is 1. The predicted octanol–water partition coefficient (Wildman–Crippen LogP) is -3.08. The van der Waals surface area contributed by atoms with Crippen molar-refractivity contribution in [2.45, 2.75) is 11.8 Å². The van der Waals surface area contributed by atoms with Gasteiger partial charge in [0.05, 0.1) is 0 Å². The van der Waals surface area contributed by atoms with Gasteiger partial charge in [0.2, 0.25) is 0 Å². The van der Waals surface area contributed by atoms with E-state index < -0.39 is 15.5 Å². The Bertz CT molecular complexity index is 409. The van der Waals surface area contributed by atoms with E-state index in [0.717, 1.165) is 5.56 Å². The van der Waals surface area contributed by atoms with E-state index in [2.05, 4.69) is 10.3 Å². The molecular formula is C7H7N2NaO3S. The molecule has 1 aliphatic heterocycles. The van der Waals surface area contributed by atoms with Gasteiger partial charge in [-0.3, -0.25) is 0 Å². The van der Waals surface area contributed by atoms with Gasteiger partial charge in [0.1, 0.15) is 21.3 Å². The molecule has 5 nitrogen and oxygen atoms in total. The topological polar surface area (TPSA) is 82.1 Å². The number of hydrogen-bond donors (Lipinski definition) is 1. The van der Waals surface area contributed by atoms with Crippen LogP contribution in [0, 0.1) is 0 Å². The molecule has 7 heteroatoms. The Morgan fingerprint density at radius 1 is 1.57 bits per heavy atom. The fourth-order valence-corrected chi connectivity index (χ4v) is 1.95. The maximum Gasteiger partial charge on any atom is 1.00 e. The van der Waals surface area contributed by atoms with Crippen LogP contribution in [0.1, 0.15) is 5.56 Å².